The summed E-state index contributed by atoms with van der Waals surface area (Å²) < 4.78 is 0. The molecule has 31 heavy (non-hydrogen) atoms. The fraction of sp³-hybridized carbons (Fsp3) is 0.792. The molecule has 1 aliphatic carbocycles. The SMILES string of the molecule is CC(C)[C@H](CN1CCC(C2CCC(Cl)CC2)CC1)NCC1C=NN2C=CC=CC12.O.O. The van der Waals surface area contributed by atoms with Crippen LogP contribution in [0.4, 0.5) is 0 Å². The van der Waals surface area contributed by atoms with E-state index in [0.717, 1.165) is 18.4 Å². The van der Waals surface area contributed by atoms with Gasteiger partial charge in [0.25, 0.3) is 0 Å². The molecule has 0 amide bonds. The molecule has 3 atom stereocenters. The highest BCUT2D eigenvalue weighted by atomic mass is 35.5. The lowest BCUT2D eigenvalue weighted by molar-refractivity contribution is 0.113. The minimum absolute atomic E-state index is 0. The van der Waals surface area contributed by atoms with Crippen molar-refractivity contribution >= 4 is 17.8 Å². The summed E-state index contributed by atoms with van der Waals surface area (Å²) in [5, 5.41) is 11.0. The Hall–Kier alpha value is -0.920. The van der Waals surface area contributed by atoms with Crippen molar-refractivity contribution in [2.24, 2.45) is 28.8 Å². The average molecular weight is 455 g/mol. The van der Waals surface area contributed by atoms with Gasteiger partial charge in [-0.25, -0.2) is 0 Å². The molecule has 4 aliphatic rings. The smallest absolute Gasteiger partial charge is 0.0792 e. The molecule has 1 saturated carbocycles. The van der Waals surface area contributed by atoms with Crippen molar-refractivity contribution in [2.45, 2.75) is 69.8 Å². The molecule has 2 fully saturated rings. The molecule has 7 heteroatoms. The van der Waals surface area contributed by atoms with Crippen LogP contribution in [0.25, 0.3) is 0 Å². The molecule has 0 spiro atoms. The minimum Gasteiger partial charge on any atom is -0.412 e. The van der Waals surface area contributed by atoms with Gasteiger partial charge in [0.05, 0.1) is 6.04 Å². The molecule has 0 aromatic rings. The zero-order valence-electron chi connectivity index (χ0n) is 19.2. The van der Waals surface area contributed by atoms with Crippen molar-refractivity contribution in [3.05, 3.63) is 24.4 Å². The Labute approximate surface area is 193 Å². The van der Waals surface area contributed by atoms with E-state index in [-0.39, 0.29) is 11.0 Å². The number of piperidine rings is 1. The summed E-state index contributed by atoms with van der Waals surface area (Å²) in [5.74, 6) is 2.98. The van der Waals surface area contributed by atoms with Crippen LogP contribution in [0.2, 0.25) is 0 Å². The first-order valence-electron chi connectivity index (χ1n) is 11.9. The van der Waals surface area contributed by atoms with Crippen molar-refractivity contribution in [2.75, 3.05) is 26.2 Å². The van der Waals surface area contributed by atoms with Crippen LogP contribution in [0.3, 0.4) is 0 Å². The van der Waals surface area contributed by atoms with Crippen molar-refractivity contribution in [3.63, 3.8) is 0 Å². The van der Waals surface area contributed by atoms with Crippen LogP contribution in [0.15, 0.2) is 29.5 Å². The van der Waals surface area contributed by atoms with Crippen LogP contribution in [0, 0.1) is 23.7 Å². The highest BCUT2D eigenvalue weighted by molar-refractivity contribution is 6.20. The molecule has 178 valence electrons. The maximum absolute atomic E-state index is 6.31. The lowest BCUT2D eigenvalue weighted by atomic mass is 9.75. The van der Waals surface area contributed by atoms with E-state index >= 15 is 0 Å². The largest absolute Gasteiger partial charge is 0.412 e. The molecule has 3 heterocycles. The van der Waals surface area contributed by atoms with Gasteiger partial charge in [-0.05, 0) is 75.4 Å². The predicted molar refractivity (Wildman–Crippen MR) is 131 cm³/mol. The topological polar surface area (TPSA) is 93.9 Å². The van der Waals surface area contributed by atoms with Gasteiger partial charge in [0.1, 0.15) is 0 Å². The normalized spacial score (nSPS) is 31.9. The molecule has 0 aromatic carbocycles. The number of halogens is 1. The van der Waals surface area contributed by atoms with E-state index in [0.29, 0.717) is 29.3 Å². The van der Waals surface area contributed by atoms with Crippen LogP contribution < -0.4 is 5.32 Å². The first-order valence-corrected chi connectivity index (χ1v) is 12.3. The second-order valence-electron chi connectivity index (χ2n) is 9.93. The zero-order chi connectivity index (χ0) is 20.2. The summed E-state index contributed by atoms with van der Waals surface area (Å²) in [6, 6.07) is 0.933. The highest BCUT2D eigenvalue weighted by Crippen LogP contribution is 2.37. The Bertz CT molecular complexity index is 611. The van der Waals surface area contributed by atoms with Crippen LogP contribution in [0.1, 0.15) is 52.4 Å². The van der Waals surface area contributed by atoms with Crippen LogP contribution >= 0.6 is 11.6 Å². The van der Waals surface area contributed by atoms with Crippen molar-refractivity contribution in [1.29, 1.82) is 0 Å². The number of fused-ring (bicyclic) bond motifs is 1. The molecule has 6 nitrogen and oxygen atoms in total. The lowest BCUT2D eigenvalue weighted by Crippen LogP contribution is -2.49. The summed E-state index contributed by atoms with van der Waals surface area (Å²) in [5.41, 5.74) is 0. The van der Waals surface area contributed by atoms with Gasteiger partial charge in [0.2, 0.25) is 0 Å². The number of rotatable bonds is 7. The molecule has 0 radical (unpaired) electrons. The molecule has 3 aliphatic heterocycles. The number of likely N-dealkylation sites (tertiary alicyclic amines) is 1. The van der Waals surface area contributed by atoms with Crippen LogP contribution in [-0.2, 0) is 0 Å². The fourth-order valence-electron chi connectivity index (χ4n) is 5.62. The van der Waals surface area contributed by atoms with Crippen molar-refractivity contribution in [3.8, 4) is 0 Å². The quantitative estimate of drug-likeness (QED) is 0.599. The van der Waals surface area contributed by atoms with Crippen LogP contribution in [-0.4, -0.2) is 70.7 Å². The Morgan fingerprint density at radius 3 is 2.35 bits per heavy atom. The fourth-order valence-corrected chi connectivity index (χ4v) is 5.87. The second kappa shape index (κ2) is 12.4. The van der Waals surface area contributed by atoms with Gasteiger partial charge in [-0.3, -0.25) is 5.01 Å². The predicted octanol–water partition coefficient (Wildman–Crippen LogP) is 2.83. The van der Waals surface area contributed by atoms with Crippen molar-refractivity contribution < 1.29 is 11.0 Å². The number of hydrogen-bond acceptors (Lipinski definition) is 4. The highest BCUT2D eigenvalue weighted by Gasteiger charge is 2.32. The van der Waals surface area contributed by atoms with E-state index in [2.05, 4.69) is 64.8 Å². The minimum atomic E-state index is 0. The Balaban J connectivity index is 0.00000171. The molecular weight excluding hydrogens is 412 g/mol. The van der Waals surface area contributed by atoms with Gasteiger partial charge in [0.15, 0.2) is 0 Å². The first kappa shape index (κ1) is 26.3. The summed E-state index contributed by atoms with van der Waals surface area (Å²) in [6.45, 7) is 9.42. The Kier molecular flexibility index (Phi) is 10.5. The zero-order valence-corrected chi connectivity index (χ0v) is 20.0. The van der Waals surface area contributed by atoms with Crippen molar-refractivity contribution in [1.82, 2.24) is 15.2 Å². The van der Waals surface area contributed by atoms with Gasteiger partial charge in [-0.15, -0.1) is 11.6 Å². The summed E-state index contributed by atoms with van der Waals surface area (Å²) >= 11 is 6.31. The van der Waals surface area contributed by atoms with Gasteiger partial charge in [-0.2, -0.15) is 5.10 Å². The Morgan fingerprint density at radius 1 is 1.00 bits per heavy atom. The molecule has 5 N–H and O–H groups in total. The van der Waals surface area contributed by atoms with E-state index in [1.165, 1.54) is 58.2 Å². The molecule has 1 saturated heterocycles. The van der Waals surface area contributed by atoms with Gasteiger partial charge < -0.3 is 21.2 Å². The number of nitrogens with zero attached hydrogens (tertiary/aromatic N) is 3. The van der Waals surface area contributed by atoms with E-state index < -0.39 is 0 Å². The average Bonchev–Trinajstić information content (AvgIpc) is 3.15. The maximum Gasteiger partial charge on any atom is 0.0792 e. The molecule has 0 bridgehead atoms. The summed E-state index contributed by atoms with van der Waals surface area (Å²) in [4.78, 5) is 2.71. The maximum atomic E-state index is 6.31. The van der Waals surface area contributed by atoms with E-state index in [1.54, 1.807) is 0 Å². The second-order valence-corrected chi connectivity index (χ2v) is 10.6. The van der Waals surface area contributed by atoms with E-state index in [1.807, 2.05) is 0 Å². The van der Waals surface area contributed by atoms with Gasteiger partial charge in [0, 0.05) is 42.8 Å². The van der Waals surface area contributed by atoms with E-state index in [4.69, 9.17) is 11.6 Å². The number of hydrazone groups is 1. The standard InChI is InChI=1S/C24H39ClN4.2H2O/c1-18(2)23(26-15-21-16-27-29-12-4-3-5-24(21)29)17-28-13-10-20(11-14-28)19-6-8-22(25)9-7-19;;/h3-5,12,16,18-24,26H,6-11,13-15,17H2,1-2H3;2*1H2/t19?,21?,22?,23-,24?;;/m0../s1. The third-order valence-electron chi connectivity index (χ3n) is 7.67. The molecule has 4 rings (SSSR count). The first-order chi connectivity index (χ1) is 14.1. The third kappa shape index (κ3) is 6.78. The molecule has 0 aromatic heterocycles. The lowest BCUT2D eigenvalue weighted by Gasteiger charge is -2.40. The summed E-state index contributed by atoms with van der Waals surface area (Å²) in [7, 11) is 0. The number of allylic oxidation sites excluding steroid dienone is 2. The summed E-state index contributed by atoms with van der Waals surface area (Å²) in [6.07, 6.45) is 18.6. The van der Waals surface area contributed by atoms with Gasteiger partial charge in [-0.1, -0.05) is 26.0 Å². The number of alkyl halides is 1. The number of hydrogen-bond donors (Lipinski definition) is 1. The van der Waals surface area contributed by atoms with Gasteiger partial charge >= 0.3 is 0 Å². The third-order valence-corrected chi connectivity index (χ3v) is 8.11. The number of nitrogens with one attached hydrogen (secondary N) is 1. The van der Waals surface area contributed by atoms with E-state index in [9.17, 15) is 0 Å². The van der Waals surface area contributed by atoms with Crippen LogP contribution in [0.5, 0.6) is 0 Å². The molecule has 2 unspecified atom stereocenters. The monoisotopic (exact) mass is 454 g/mol. The Morgan fingerprint density at radius 2 is 1.68 bits per heavy atom. The molecular formula is C24H43ClN4O2.